The van der Waals surface area contributed by atoms with Crippen LogP contribution in [0.25, 0.3) is 0 Å². The van der Waals surface area contributed by atoms with Crippen LogP contribution < -0.4 is 10.1 Å². The molecular formula is C14H14BrNO. The zero-order chi connectivity index (χ0) is 12.1. The predicted molar refractivity (Wildman–Crippen MR) is 73.4 cm³/mol. The Hall–Kier alpha value is -1.32. The quantitative estimate of drug-likeness (QED) is 0.921. The van der Waals surface area contributed by atoms with Crippen molar-refractivity contribution in [3.63, 3.8) is 0 Å². The van der Waals surface area contributed by atoms with Gasteiger partial charge >= 0.3 is 0 Å². The third kappa shape index (κ3) is 3.32. The van der Waals surface area contributed by atoms with Gasteiger partial charge in [0.2, 0.25) is 0 Å². The standard InChI is InChI=1S/C14H14BrNO/c1-16-10-11-7-8-12(15)9-14(11)17-13-5-3-2-4-6-13/h2-9,16H,10H2,1H3. The Morgan fingerprint density at radius 2 is 1.88 bits per heavy atom. The Morgan fingerprint density at radius 3 is 2.59 bits per heavy atom. The minimum Gasteiger partial charge on any atom is -0.457 e. The molecule has 88 valence electrons. The van der Waals surface area contributed by atoms with E-state index in [1.54, 1.807) is 0 Å². The summed E-state index contributed by atoms with van der Waals surface area (Å²) in [7, 11) is 1.92. The van der Waals surface area contributed by atoms with Crippen LogP contribution in [0.3, 0.4) is 0 Å². The fourth-order valence-electron chi connectivity index (χ4n) is 1.58. The van der Waals surface area contributed by atoms with Gasteiger partial charge in [-0.3, -0.25) is 0 Å². The number of hydrogen-bond donors (Lipinski definition) is 1. The predicted octanol–water partition coefficient (Wildman–Crippen LogP) is 3.96. The second-order valence-corrected chi connectivity index (χ2v) is 4.61. The lowest BCUT2D eigenvalue weighted by atomic mass is 10.2. The molecule has 0 atom stereocenters. The van der Waals surface area contributed by atoms with E-state index in [0.29, 0.717) is 0 Å². The Morgan fingerprint density at radius 1 is 1.12 bits per heavy atom. The van der Waals surface area contributed by atoms with Gasteiger partial charge in [-0.25, -0.2) is 0 Å². The Kier molecular flexibility index (Phi) is 4.18. The van der Waals surface area contributed by atoms with Gasteiger partial charge in [0, 0.05) is 16.6 Å². The maximum atomic E-state index is 5.87. The molecule has 0 aromatic heterocycles. The molecule has 0 saturated heterocycles. The number of para-hydroxylation sites is 1. The Labute approximate surface area is 110 Å². The number of benzene rings is 2. The van der Waals surface area contributed by atoms with E-state index in [0.717, 1.165) is 28.1 Å². The number of ether oxygens (including phenoxy) is 1. The van der Waals surface area contributed by atoms with Crippen molar-refractivity contribution in [3.05, 3.63) is 58.6 Å². The molecule has 2 nitrogen and oxygen atoms in total. The molecule has 2 aromatic carbocycles. The highest BCUT2D eigenvalue weighted by Crippen LogP contribution is 2.28. The lowest BCUT2D eigenvalue weighted by Crippen LogP contribution is -2.06. The SMILES string of the molecule is CNCc1ccc(Br)cc1Oc1ccccc1. The van der Waals surface area contributed by atoms with Gasteiger partial charge in [0.15, 0.2) is 0 Å². The van der Waals surface area contributed by atoms with Crippen LogP contribution in [-0.4, -0.2) is 7.05 Å². The Bertz CT molecular complexity index is 485. The second kappa shape index (κ2) is 5.84. The van der Waals surface area contributed by atoms with E-state index in [9.17, 15) is 0 Å². The van der Waals surface area contributed by atoms with E-state index in [4.69, 9.17) is 4.74 Å². The minimum atomic E-state index is 0.787. The summed E-state index contributed by atoms with van der Waals surface area (Å²) in [6.45, 7) is 0.787. The topological polar surface area (TPSA) is 21.3 Å². The molecule has 0 fully saturated rings. The minimum absolute atomic E-state index is 0.787. The van der Waals surface area contributed by atoms with Crippen LogP contribution in [0.2, 0.25) is 0 Å². The summed E-state index contributed by atoms with van der Waals surface area (Å²) in [5.74, 6) is 1.72. The van der Waals surface area contributed by atoms with Crippen LogP contribution in [0.5, 0.6) is 11.5 Å². The average Bonchev–Trinajstić information content (AvgIpc) is 2.34. The first-order valence-corrected chi connectivity index (χ1v) is 6.25. The normalized spacial score (nSPS) is 10.2. The van der Waals surface area contributed by atoms with E-state index in [1.807, 2.05) is 49.5 Å². The number of rotatable bonds is 4. The largest absolute Gasteiger partial charge is 0.457 e. The van der Waals surface area contributed by atoms with Crippen LogP contribution in [-0.2, 0) is 6.54 Å². The van der Waals surface area contributed by atoms with Crippen molar-refractivity contribution in [2.75, 3.05) is 7.05 Å². The zero-order valence-electron chi connectivity index (χ0n) is 9.61. The van der Waals surface area contributed by atoms with Gasteiger partial charge in [-0.15, -0.1) is 0 Å². The molecule has 0 bridgehead atoms. The van der Waals surface area contributed by atoms with Crippen molar-refractivity contribution < 1.29 is 4.74 Å². The number of hydrogen-bond acceptors (Lipinski definition) is 2. The Balaban J connectivity index is 2.27. The van der Waals surface area contributed by atoms with Gasteiger partial charge in [0.1, 0.15) is 11.5 Å². The molecule has 2 aromatic rings. The van der Waals surface area contributed by atoms with E-state index in [1.165, 1.54) is 0 Å². The monoisotopic (exact) mass is 291 g/mol. The molecular weight excluding hydrogens is 278 g/mol. The molecule has 3 heteroatoms. The van der Waals surface area contributed by atoms with Crippen molar-refractivity contribution >= 4 is 15.9 Å². The van der Waals surface area contributed by atoms with Crippen LogP contribution in [0.15, 0.2) is 53.0 Å². The summed E-state index contributed by atoms with van der Waals surface area (Å²) in [5, 5.41) is 3.13. The van der Waals surface area contributed by atoms with E-state index in [-0.39, 0.29) is 0 Å². The molecule has 0 heterocycles. The van der Waals surface area contributed by atoms with Crippen molar-refractivity contribution in [1.82, 2.24) is 5.32 Å². The summed E-state index contributed by atoms with van der Waals surface area (Å²) < 4.78 is 6.89. The lowest BCUT2D eigenvalue weighted by molar-refractivity contribution is 0.474. The highest BCUT2D eigenvalue weighted by atomic mass is 79.9. The van der Waals surface area contributed by atoms with E-state index < -0.39 is 0 Å². The molecule has 0 aliphatic carbocycles. The highest BCUT2D eigenvalue weighted by molar-refractivity contribution is 9.10. The van der Waals surface area contributed by atoms with E-state index >= 15 is 0 Å². The van der Waals surface area contributed by atoms with Crippen LogP contribution in [0.1, 0.15) is 5.56 Å². The first-order valence-electron chi connectivity index (χ1n) is 5.45. The maximum absolute atomic E-state index is 5.87. The lowest BCUT2D eigenvalue weighted by Gasteiger charge is -2.11. The number of nitrogens with one attached hydrogen (secondary N) is 1. The molecule has 0 radical (unpaired) electrons. The van der Waals surface area contributed by atoms with Crippen molar-refractivity contribution in [2.24, 2.45) is 0 Å². The molecule has 0 aliphatic rings. The third-order valence-corrected chi connectivity index (χ3v) is 2.86. The molecule has 0 spiro atoms. The van der Waals surface area contributed by atoms with Crippen LogP contribution in [0.4, 0.5) is 0 Å². The first kappa shape index (κ1) is 12.1. The zero-order valence-corrected chi connectivity index (χ0v) is 11.2. The molecule has 1 N–H and O–H groups in total. The van der Waals surface area contributed by atoms with Gasteiger partial charge < -0.3 is 10.1 Å². The summed E-state index contributed by atoms with van der Waals surface area (Å²) in [5.41, 5.74) is 1.14. The van der Waals surface area contributed by atoms with Gasteiger partial charge in [-0.1, -0.05) is 40.2 Å². The third-order valence-electron chi connectivity index (χ3n) is 2.37. The molecule has 17 heavy (non-hydrogen) atoms. The molecule has 0 unspecified atom stereocenters. The van der Waals surface area contributed by atoms with Crippen LogP contribution in [0, 0.1) is 0 Å². The second-order valence-electron chi connectivity index (χ2n) is 3.70. The summed E-state index contributed by atoms with van der Waals surface area (Å²) in [6, 6.07) is 15.9. The molecule has 0 aliphatic heterocycles. The summed E-state index contributed by atoms with van der Waals surface area (Å²) >= 11 is 3.46. The van der Waals surface area contributed by atoms with Gasteiger partial charge in [-0.2, -0.15) is 0 Å². The fourth-order valence-corrected chi connectivity index (χ4v) is 1.92. The average molecular weight is 292 g/mol. The first-order chi connectivity index (χ1) is 8.29. The molecule has 0 amide bonds. The molecule has 0 saturated carbocycles. The van der Waals surface area contributed by atoms with Gasteiger partial charge in [-0.05, 0) is 31.3 Å². The summed E-state index contributed by atoms with van der Waals surface area (Å²) in [6.07, 6.45) is 0. The highest BCUT2D eigenvalue weighted by Gasteiger charge is 2.05. The van der Waals surface area contributed by atoms with Crippen molar-refractivity contribution in [2.45, 2.75) is 6.54 Å². The van der Waals surface area contributed by atoms with Crippen molar-refractivity contribution in [1.29, 1.82) is 0 Å². The smallest absolute Gasteiger partial charge is 0.133 e. The van der Waals surface area contributed by atoms with Gasteiger partial charge in [0.05, 0.1) is 0 Å². The van der Waals surface area contributed by atoms with Crippen LogP contribution >= 0.6 is 15.9 Å². The number of halogens is 1. The van der Waals surface area contributed by atoms with Crippen molar-refractivity contribution in [3.8, 4) is 11.5 Å². The maximum Gasteiger partial charge on any atom is 0.133 e. The van der Waals surface area contributed by atoms with Gasteiger partial charge in [0.25, 0.3) is 0 Å². The fraction of sp³-hybridized carbons (Fsp3) is 0.143. The summed E-state index contributed by atoms with van der Waals surface area (Å²) in [4.78, 5) is 0. The van der Waals surface area contributed by atoms with E-state index in [2.05, 4.69) is 27.3 Å². The molecule has 2 rings (SSSR count).